The Bertz CT molecular complexity index is 1980. The Balaban J connectivity index is 1.51. The minimum absolute atomic E-state index is 0.422. The maximum Gasteiger partial charge on any atom is 0.0346 e. The van der Waals surface area contributed by atoms with Crippen molar-refractivity contribution in [3.8, 4) is 0 Å². The van der Waals surface area contributed by atoms with Crippen molar-refractivity contribution >= 4 is 27.5 Å². The fourth-order valence-electron chi connectivity index (χ4n) is 7.51. The Morgan fingerprint density at radius 2 is 1.82 bits per heavy atom. The second-order valence-corrected chi connectivity index (χ2v) is 13.7. The first-order valence-corrected chi connectivity index (χ1v) is 18.0. The van der Waals surface area contributed by atoms with Gasteiger partial charge in [-0.25, -0.2) is 0 Å². The van der Waals surface area contributed by atoms with E-state index in [2.05, 4.69) is 154 Å². The molecule has 0 fully saturated rings. The summed E-state index contributed by atoms with van der Waals surface area (Å²) in [4.78, 5) is 4.44. The zero-order valence-electron chi connectivity index (χ0n) is 29.7. The molecule has 2 nitrogen and oxygen atoms in total. The lowest BCUT2D eigenvalue weighted by atomic mass is 9.80. The molecule has 2 atom stereocenters. The maximum absolute atomic E-state index is 4.62. The number of hydrogen-bond acceptors (Lipinski definition) is 2. The van der Waals surface area contributed by atoms with Crippen molar-refractivity contribution in [1.29, 1.82) is 0 Å². The third-order valence-corrected chi connectivity index (χ3v) is 9.89. The topological polar surface area (TPSA) is 24.9 Å². The highest BCUT2D eigenvalue weighted by atomic mass is 14.8. The van der Waals surface area contributed by atoms with Gasteiger partial charge in [0.15, 0.2) is 0 Å². The van der Waals surface area contributed by atoms with E-state index in [9.17, 15) is 0 Å². The molecule has 49 heavy (non-hydrogen) atoms. The molecule has 1 aromatic heterocycles. The van der Waals surface area contributed by atoms with Gasteiger partial charge in [0.05, 0.1) is 0 Å². The predicted octanol–water partition coefficient (Wildman–Crippen LogP) is 12.3. The molecule has 0 saturated carbocycles. The van der Waals surface area contributed by atoms with Gasteiger partial charge in [-0.3, -0.25) is 4.98 Å². The van der Waals surface area contributed by atoms with Crippen molar-refractivity contribution in [2.75, 3.05) is 6.54 Å². The lowest BCUT2D eigenvalue weighted by molar-refractivity contribution is 0.586. The van der Waals surface area contributed by atoms with Crippen LogP contribution < -0.4 is 5.32 Å². The van der Waals surface area contributed by atoms with E-state index in [4.69, 9.17) is 0 Å². The quantitative estimate of drug-likeness (QED) is 0.205. The number of aromatic nitrogens is 1. The highest BCUT2D eigenvalue weighted by Crippen LogP contribution is 2.43. The number of nitrogens with zero attached hydrogens (tertiary/aromatic N) is 1. The van der Waals surface area contributed by atoms with Crippen LogP contribution in [0.15, 0.2) is 162 Å². The van der Waals surface area contributed by atoms with Crippen LogP contribution >= 0.6 is 0 Å². The van der Waals surface area contributed by atoms with Crippen molar-refractivity contribution in [1.82, 2.24) is 10.3 Å². The molecule has 2 aliphatic carbocycles. The van der Waals surface area contributed by atoms with Gasteiger partial charge >= 0.3 is 0 Å². The van der Waals surface area contributed by atoms with Crippen LogP contribution in [-0.2, 0) is 0 Å². The summed E-state index contributed by atoms with van der Waals surface area (Å²) < 4.78 is 0. The second-order valence-electron chi connectivity index (χ2n) is 13.7. The molecule has 2 unspecified atom stereocenters. The van der Waals surface area contributed by atoms with Gasteiger partial charge in [0.2, 0.25) is 0 Å². The van der Waals surface area contributed by atoms with Gasteiger partial charge in [0.1, 0.15) is 0 Å². The Morgan fingerprint density at radius 1 is 0.980 bits per heavy atom. The number of rotatable bonds is 7. The first-order chi connectivity index (χ1) is 23.9. The summed E-state index contributed by atoms with van der Waals surface area (Å²) in [7, 11) is 0. The summed E-state index contributed by atoms with van der Waals surface area (Å²) in [6.07, 6.45) is 34.5. The first-order valence-electron chi connectivity index (χ1n) is 18.0. The van der Waals surface area contributed by atoms with Gasteiger partial charge in [-0.15, -0.1) is 0 Å². The van der Waals surface area contributed by atoms with E-state index in [0.29, 0.717) is 11.8 Å². The average Bonchev–Trinajstić information content (AvgIpc) is 3.12. The fraction of sp³-hybridized carbons (Fsp3) is 0.255. The Kier molecular flexibility index (Phi) is 11.1. The van der Waals surface area contributed by atoms with Gasteiger partial charge in [-0.2, -0.15) is 0 Å². The smallest absolute Gasteiger partial charge is 0.0346 e. The molecule has 2 aromatic carbocycles. The number of pyridine rings is 1. The predicted molar refractivity (Wildman–Crippen MR) is 213 cm³/mol. The van der Waals surface area contributed by atoms with Crippen LogP contribution in [-0.4, -0.2) is 11.5 Å². The minimum Gasteiger partial charge on any atom is -0.387 e. The normalized spacial score (nSPS) is 23.9. The van der Waals surface area contributed by atoms with Crippen LogP contribution in [0, 0.1) is 11.8 Å². The Morgan fingerprint density at radius 3 is 2.63 bits per heavy atom. The first kappa shape index (κ1) is 33.9. The second kappa shape index (κ2) is 16.0. The third-order valence-electron chi connectivity index (χ3n) is 9.89. The van der Waals surface area contributed by atoms with Gasteiger partial charge in [0.25, 0.3) is 0 Å². The zero-order valence-corrected chi connectivity index (χ0v) is 29.7. The van der Waals surface area contributed by atoms with Crippen molar-refractivity contribution in [3.63, 3.8) is 0 Å². The lowest BCUT2D eigenvalue weighted by Crippen LogP contribution is -2.12. The van der Waals surface area contributed by atoms with Gasteiger partial charge < -0.3 is 5.32 Å². The average molecular weight is 643 g/mol. The molecule has 0 spiro atoms. The summed E-state index contributed by atoms with van der Waals surface area (Å²) in [6, 6.07) is 17.8. The minimum atomic E-state index is 0.422. The van der Waals surface area contributed by atoms with Crippen molar-refractivity contribution in [3.05, 3.63) is 179 Å². The molecule has 0 saturated heterocycles. The number of hydrogen-bond donors (Lipinski definition) is 1. The number of allylic oxidation sites excluding steroid dienone is 17. The molecule has 1 N–H and O–H groups in total. The largest absolute Gasteiger partial charge is 0.387 e. The Hall–Kier alpha value is -4.95. The molecule has 2 heterocycles. The van der Waals surface area contributed by atoms with Crippen LogP contribution in [0.3, 0.4) is 0 Å². The van der Waals surface area contributed by atoms with E-state index >= 15 is 0 Å². The van der Waals surface area contributed by atoms with E-state index in [1.54, 1.807) is 0 Å². The molecule has 1 aliphatic heterocycles. The van der Waals surface area contributed by atoms with Crippen molar-refractivity contribution in [2.45, 2.75) is 59.8 Å². The van der Waals surface area contributed by atoms with E-state index in [0.717, 1.165) is 44.2 Å². The van der Waals surface area contributed by atoms with Crippen LogP contribution in [0.2, 0.25) is 0 Å². The summed E-state index contributed by atoms with van der Waals surface area (Å²) in [6.45, 7) is 14.4. The number of fused-ring (bicyclic) bond motifs is 1. The van der Waals surface area contributed by atoms with Crippen LogP contribution in [0.5, 0.6) is 0 Å². The van der Waals surface area contributed by atoms with Crippen molar-refractivity contribution in [2.24, 2.45) is 11.8 Å². The van der Waals surface area contributed by atoms with E-state index in [-0.39, 0.29) is 0 Å². The monoisotopic (exact) mass is 642 g/mol. The van der Waals surface area contributed by atoms with Crippen LogP contribution in [0.25, 0.3) is 27.5 Å². The van der Waals surface area contributed by atoms with Crippen molar-refractivity contribution < 1.29 is 0 Å². The van der Waals surface area contributed by atoms with Gasteiger partial charge in [0, 0.05) is 36.3 Å². The standard InChI is InChI=1S/C47H50N2/c1-6-14-39(36(5)30-37-17-9-7-15-33(2)29-34(3)24-25-37)47(40-19-10-8-16-35(40)4)45-23-12-20-42-43(45)21-11-22-44(42)46-32-49-28-26-41(46)38-18-13-27-48-31-38/h6-7,10-15,18-27,29,31-32,34,37,49H,4,8-9,16-17,28,30H2,1-3,5H3/b14-6-,15-7-,25-24-,33-29-,39-36-,47-40+. The lowest BCUT2D eigenvalue weighted by Gasteiger charge is -2.24. The molecule has 248 valence electrons. The van der Waals surface area contributed by atoms with Crippen LogP contribution in [0.4, 0.5) is 0 Å². The Labute approximate surface area is 294 Å². The molecule has 0 amide bonds. The van der Waals surface area contributed by atoms with Gasteiger partial charge in [-0.05, 0) is 121 Å². The fourth-order valence-corrected chi connectivity index (χ4v) is 7.51. The molecular formula is C47H50N2. The highest BCUT2D eigenvalue weighted by molar-refractivity contribution is 6.13. The van der Waals surface area contributed by atoms with E-state index in [1.807, 2.05) is 18.5 Å². The van der Waals surface area contributed by atoms with Crippen LogP contribution in [0.1, 0.15) is 76.5 Å². The summed E-state index contributed by atoms with van der Waals surface area (Å²) >= 11 is 0. The molecule has 3 aliphatic rings. The number of benzene rings is 2. The maximum atomic E-state index is 4.62. The van der Waals surface area contributed by atoms with E-state index in [1.165, 1.54) is 66.5 Å². The van der Waals surface area contributed by atoms with E-state index < -0.39 is 0 Å². The summed E-state index contributed by atoms with van der Waals surface area (Å²) in [5, 5.41) is 5.98. The SMILES string of the molecule is C=C1CCC=C/C1=C(C(/C=C\C)=C(/C)CC1/C=C\C(C)/C=C(C)\C=C/CC1)\c1cccc2c(C3=CNCC=C3c3cccnc3)cccc12. The zero-order chi connectivity index (χ0) is 34.2. The molecular weight excluding hydrogens is 593 g/mol. The molecule has 2 heteroatoms. The number of nitrogens with one attached hydrogen (secondary N) is 1. The number of dihydropyridines is 1. The molecule has 0 bridgehead atoms. The summed E-state index contributed by atoms with van der Waals surface area (Å²) in [5.41, 5.74) is 13.8. The van der Waals surface area contributed by atoms with Gasteiger partial charge in [-0.1, -0.05) is 128 Å². The molecule has 0 radical (unpaired) electrons. The molecule has 3 aromatic rings. The summed E-state index contributed by atoms with van der Waals surface area (Å²) in [5.74, 6) is 0.892. The molecule has 6 rings (SSSR count). The highest BCUT2D eigenvalue weighted by Gasteiger charge is 2.22. The third kappa shape index (κ3) is 7.86.